The molecule has 2 rings (SSSR count). The van der Waals surface area contributed by atoms with Crippen LogP contribution in [0.1, 0.15) is 23.7 Å². The average molecular weight is 279 g/mol. The summed E-state index contributed by atoms with van der Waals surface area (Å²) in [6, 6.07) is 4.26. The van der Waals surface area contributed by atoms with Crippen molar-refractivity contribution in [2.24, 2.45) is 0 Å². The third kappa shape index (κ3) is 2.88. The lowest BCUT2D eigenvalue weighted by atomic mass is 10.1. The zero-order chi connectivity index (χ0) is 14.7. The molecule has 0 radical (unpaired) electrons. The maximum Gasteiger partial charge on any atom is 0.282 e. The predicted octanol–water partition coefficient (Wildman–Crippen LogP) is 1.54. The van der Waals surface area contributed by atoms with Crippen LogP contribution in [0.2, 0.25) is 0 Å². The van der Waals surface area contributed by atoms with E-state index in [4.69, 9.17) is 4.74 Å². The van der Waals surface area contributed by atoms with Gasteiger partial charge in [0.1, 0.15) is 5.56 Å². The lowest BCUT2D eigenvalue weighted by Gasteiger charge is -2.16. The van der Waals surface area contributed by atoms with Gasteiger partial charge in [-0.05, 0) is 25.5 Å². The fourth-order valence-corrected chi connectivity index (χ4v) is 2.20. The van der Waals surface area contributed by atoms with Crippen LogP contribution < -0.4 is 10.6 Å². The number of nitro benzene ring substituents is 1. The first-order valence-corrected chi connectivity index (χ1v) is 6.41. The minimum absolute atomic E-state index is 0.0564. The van der Waals surface area contributed by atoms with Crippen LogP contribution >= 0.6 is 0 Å². The Morgan fingerprint density at radius 3 is 2.80 bits per heavy atom. The van der Waals surface area contributed by atoms with Gasteiger partial charge in [-0.1, -0.05) is 0 Å². The fraction of sp³-hybridized carbons (Fsp3) is 0.462. The first kappa shape index (κ1) is 14.3. The van der Waals surface area contributed by atoms with Crippen LogP contribution in [0.3, 0.4) is 0 Å². The summed E-state index contributed by atoms with van der Waals surface area (Å²) in [5.41, 5.74) is 0.505. The van der Waals surface area contributed by atoms with Crippen molar-refractivity contribution in [3.63, 3.8) is 0 Å². The van der Waals surface area contributed by atoms with Gasteiger partial charge < -0.3 is 15.4 Å². The topological polar surface area (TPSA) is 93.5 Å². The highest BCUT2D eigenvalue weighted by molar-refractivity contribution is 5.99. The minimum atomic E-state index is -0.553. The number of hydrogen-bond acceptors (Lipinski definition) is 5. The van der Waals surface area contributed by atoms with E-state index in [1.165, 1.54) is 12.1 Å². The molecule has 1 heterocycles. The van der Waals surface area contributed by atoms with Gasteiger partial charge >= 0.3 is 0 Å². The lowest BCUT2D eigenvalue weighted by Crippen LogP contribution is -2.39. The molecule has 1 aliphatic heterocycles. The van der Waals surface area contributed by atoms with Gasteiger partial charge in [-0.15, -0.1) is 0 Å². The van der Waals surface area contributed by atoms with E-state index in [0.717, 1.165) is 0 Å². The normalized spacial score (nSPS) is 21.5. The molecule has 0 bridgehead atoms. The number of carbonyl (C=O) groups excluding carboxylic acids is 1. The molecule has 2 N–H and O–H groups in total. The monoisotopic (exact) mass is 279 g/mol. The van der Waals surface area contributed by atoms with Gasteiger partial charge in [-0.3, -0.25) is 14.9 Å². The summed E-state index contributed by atoms with van der Waals surface area (Å²) < 4.78 is 5.36. The summed E-state index contributed by atoms with van der Waals surface area (Å²) in [6.07, 6.45) is 0.636. The van der Waals surface area contributed by atoms with E-state index in [-0.39, 0.29) is 23.4 Å². The average Bonchev–Trinajstić information content (AvgIpc) is 2.83. The zero-order valence-electron chi connectivity index (χ0n) is 11.4. The summed E-state index contributed by atoms with van der Waals surface area (Å²) >= 11 is 0. The molecule has 1 fully saturated rings. The summed E-state index contributed by atoms with van der Waals surface area (Å²) in [5, 5.41) is 16.7. The van der Waals surface area contributed by atoms with Crippen molar-refractivity contribution in [3.05, 3.63) is 33.9 Å². The van der Waals surface area contributed by atoms with Gasteiger partial charge in [0, 0.05) is 25.4 Å². The molecule has 0 spiro atoms. The first-order valence-electron chi connectivity index (χ1n) is 6.41. The van der Waals surface area contributed by atoms with E-state index in [0.29, 0.717) is 18.7 Å². The number of benzene rings is 1. The van der Waals surface area contributed by atoms with Gasteiger partial charge in [0.2, 0.25) is 0 Å². The highest BCUT2D eigenvalue weighted by Gasteiger charge is 2.28. The molecule has 1 aromatic carbocycles. The molecule has 0 aromatic heterocycles. The molecule has 1 saturated heterocycles. The molecule has 0 saturated carbocycles. The quantitative estimate of drug-likeness (QED) is 0.644. The third-order valence-electron chi connectivity index (χ3n) is 3.42. The van der Waals surface area contributed by atoms with Crippen molar-refractivity contribution in [1.82, 2.24) is 5.32 Å². The number of rotatable bonds is 4. The molecule has 7 nitrogen and oxygen atoms in total. The Kier molecular flexibility index (Phi) is 4.19. The molecule has 2 unspecified atom stereocenters. The van der Waals surface area contributed by atoms with Crippen LogP contribution in [0, 0.1) is 10.1 Å². The second kappa shape index (κ2) is 5.87. The molecule has 0 aliphatic carbocycles. The Bertz CT molecular complexity index is 532. The van der Waals surface area contributed by atoms with Gasteiger partial charge in [0.15, 0.2) is 0 Å². The molecule has 108 valence electrons. The van der Waals surface area contributed by atoms with Crippen molar-refractivity contribution < 1.29 is 14.5 Å². The molecule has 1 aromatic rings. The van der Waals surface area contributed by atoms with Crippen LogP contribution in [0.25, 0.3) is 0 Å². The van der Waals surface area contributed by atoms with E-state index in [1.807, 2.05) is 6.92 Å². The molecular formula is C13H17N3O4. The number of nitrogens with one attached hydrogen (secondary N) is 2. The smallest absolute Gasteiger partial charge is 0.282 e. The summed E-state index contributed by atoms with van der Waals surface area (Å²) in [4.78, 5) is 22.7. The summed E-state index contributed by atoms with van der Waals surface area (Å²) in [6.45, 7) is 2.46. The van der Waals surface area contributed by atoms with E-state index in [9.17, 15) is 14.9 Å². The second-order valence-corrected chi connectivity index (χ2v) is 4.68. The number of ether oxygens (including phenoxy) is 1. The van der Waals surface area contributed by atoms with E-state index >= 15 is 0 Å². The highest BCUT2D eigenvalue weighted by Crippen LogP contribution is 2.23. The van der Waals surface area contributed by atoms with Crippen LogP contribution in [0.15, 0.2) is 18.2 Å². The molecule has 1 aliphatic rings. The number of nitro groups is 1. The van der Waals surface area contributed by atoms with Crippen molar-refractivity contribution in [2.45, 2.75) is 25.5 Å². The SMILES string of the molecule is CNc1ccc([N+](=O)[O-])c(C(=O)NC2CCOC2C)c1. The minimum Gasteiger partial charge on any atom is -0.388 e. The fourth-order valence-electron chi connectivity index (χ4n) is 2.20. The Morgan fingerprint density at radius 2 is 2.25 bits per heavy atom. The van der Waals surface area contributed by atoms with Gasteiger partial charge in [-0.25, -0.2) is 0 Å². The van der Waals surface area contributed by atoms with Gasteiger partial charge in [0.25, 0.3) is 11.6 Å². The van der Waals surface area contributed by atoms with Crippen molar-refractivity contribution >= 4 is 17.3 Å². The molecule has 2 atom stereocenters. The molecule has 1 amide bonds. The molecular weight excluding hydrogens is 262 g/mol. The summed E-state index contributed by atoms with van der Waals surface area (Å²) in [7, 11) is 1.69. The largest absolute Gasteiger partial charge is 0.388 e. The Morgan fingerprint density at radius 1 is 1.50 bits per heavy atom. The predicted molar refractivity (Wildman–Crippen MR) is 73.9 cm³/mol. The second-order valence-electron chi connectivity index (χ2n) is 4.68. The van der Waals surface area contributed by atoms with Crippen LogP contribution in [0.4, 0.5) is 11.4 Å². The third-order valence-corrected chi connectivity index (χ3v) is 3.42. The Hall–Kier alpha value is -2.15. The number of carbonyl (C=O) groups is 1. The zero-order valence-corrected chi connectivity index (χ0v) is 11.4. The number of nitrogens with zero attached hydrogens (tertiary/aromatic N) is 1. The van der Waals surface area contributed by atoms with Crippen LogP contribution in [0.5, 0.6) is 0 Å². The van der Waals surface area contributed by atoms with E-state index < -0.39 is 10.8 Å². The number of amides is 1. The number of hydrogen-bond donors (Lipinski definition) is 2. The van der Waals surface area contributed by atoms with Crippen LogP contribution in [-0.2, 0) is 4.74 Å². The van der Waals surface area contributed by atoms with E-state index in [1.54, 1.807) is 13.1 Å². The van der Waals surface area contributed by atoms with Crippen molar-refractivity contribution in [3.8, 4) is 0 Å². The molecule has 7 heteroatoms. The summed E-state index contributed by atoms with van der Waals surface area (Å²) in [5.74, 6) is -0.448. The van der Waals surface area contributed by atoms with Crippen LogP contribution in [-0.4, -0.2) is 36.6 Å². The standard InChI is InChI=1S/C13H17N3O4/c1-8-11(5-6-20-8)15-13(17)10-7-9(14-2)3-4-12(10)16(18)19/h3-4,7-8,11,14H,5-6H2,1-2H3,(H,15,17). The Labute approximate surface area is 116 Å². The van der Waals surface area contributed by atoms with Gasteiger partial charge in [-0.2, -0.15) is 0 Å². The Balaban J connectivity index is 2.25. The van der Waals surface area contributed by atoms with E-state index in [2.05, 4.69) is 10.6 Å². The maximum absolute atomic E-state index is 12.2. The number of anilines is 1. The first-order chi connectivity index (χ1) is 9.52. The maximum atomic E-state index is 12.2. The molecule has 20 heavy (non-hydrogen) atoms. The van der Waals surface area contributed by atoms with Gasteiger partial charge in [0.05, 0.1) is 17.1 Å². The lowest BCUT2D eigenvalue weighted by molar-refractivity contribution is -0.385. The van der Waals surface area contributed by atoms with Crippen molar-refractivity contribution in [2.75, 3.05) is 19.0 Å². The van der Waals surface area contributed by atoms with Crippen molar-refractivity contribution in [1.29, 1.82) is 0 Å². The highest BCUT2D eigenvalue weighted by atomic mass is 16.6.